The van der Waals surface area contributed by atoms with Gasteiger partial charge in [-0.05, 0) is 13.8 Å². The maximum Gasteiger partial charge on any atom is 0.352 e. The number of hydrogen-bond acceptors (Lipinski definition) is 13. The lowest BCUT2D eigenvalue weighted by Gasteiger charge is -2.49. The first kappa shape index (κ1) is 29.3. The second-order valence-electron chi connectivity index (χ2n) is 9.23. The first-order chi connectivity index (χ1) is 19.3. The van der Waals surface area contributed by atoms with Gasteiger partial charge in [0.05, 0.1) is 7.05 Å². The quantitative estimate of drug-likeness (QED) is 0.0526. The van der Waals surface area contributed by atoms with E-state index in [-0.39, 0.29) is 34.8 Å². The highest BCUT2D eigenvalue weighted by molar-refractivity contribution is 8.00. The fraction of sp³-hybridized carbons (Fsp3) is 0.381. The summed E-state index contributed by atoms with van der Waals surface area (Å²) in [7, 11) is 1.62. The number of thioether (sulfide) groups is 1. The molecule has 2 aromatic rings. The van der Waals surface area contributed by atoms with Crippen molar-refractivity contribution in [2.45, 2.75) is 37.4 Å². The highest BCUT2D eigenvalue weighted by atomic mass is 32.2. The second kappa shape index (κ2) is 11.0. The Labute approximate surface area is 239 Å². The van der Waals surface area contributed by atoms with E-state index in [1.54, 1.807) is 11.7 Å². The van der Waals surface area contributed by atoms with Crippen molar-refractivity contribution in [1.82, 2.24) is 24.3 Å². The van der Waals surface area contributed by atoms with Crippen LogP contribution in [0.1, 0.15) is 19.7 Å². The summed E-state index contributed by atoms with van der Waals surface area (Å²) < 4.78 is 7.01. The van der Waals surface area contributed by atoms with E-state index >= 15 is 0 Å². The summed E-state index contributed by atoms with van der Waals surface area (Å²) in [6.07, 6.45) is 1.99. The van der Waals surface area contributed by atoms with Gasteiger partial charge in [-0.3, -0.25) is 19.3 Å². The average molecular weight is 610 g/mol. The molecule has 0 aliphatic carbocycles. The number of nitrogens with zero attached hydrogens (tertiary/aromatic N) is 6. The van der Waals surface area contributed by atoms with Gasteiger partial charge in [0, 0.05) is 22.9 Å². The molecule has 4 heterocycles. The van der Waals surface area contributed by atoms with Crippen molar-refractivity contribution in [3.8, 4) is 0 Å². The van der Waals surface area contributed by atoms with Crippen LogP contribution < -0.4 is 26.8 Å². The van der Waals surface area contributed by atoms with Crippen LogP contribution in [0, 0.1) is 0 Å². The van der Waals surface area contributed by atoms with E-state index in [2.05, 4.69) is 25.1 Å². The van der Waals surface area contributed by atoms with E-state index < -0.39 is 46.5 Å². The number of aliphatic carboxylic acids is 2. The van der Waals surface area contributed by atoms with Gasteiger partial charge in [0.25, 0.3) is 11.8 Å². The Hall–Kier alpha value is -4.72. The number of aromatic nitrogens is 4. The van der Waals surface area contributed by atoms with Crippen LogP contribution in [0.3, 0.4) is 0 Å². The monoisotopic (exact) mass is 609 g/mol. The molecule has 8 N–H and O–H groups in total. The Morgan fingerprint density at radius 3 is 2.63 bits per heavy atom. The molecule has 1 saturated heterocycles. The van der Waals surface area contributed by atoms with E-state index in [1.165, 1.54) is 36.5 Å². The fourth-order valence-corrected chi connectivity index (χ4v) is 5.63. The molecule has 0 radical (unpaired) electrons. The Kier molecular flexibility index (Phi) is 7.88. The van der Waals surface area contributed by atoms with Crippen molar-refractivity contribution < 1.29 is 43.7 Å². The number of nitrogen functional groups attached to an aromatic ring is 2. The normalized spacial score (nSPS) is 18.9. The number of hydrogen-bond donors (Lipinski definition) is 6. The van der Waals surface area contributed by atoms with Gasteiger partial charge in [-0.25, -0.2) is 9.59 Å². The number of anilines is 3. The van der Waals surface area contributed by atoms with Gasteiger partial charge in [-0.1, -0.05) is 5.16 Å². The van der Waals surface area contributed by atoms with Crippen molar-refractivity contribution in [2.24, 2.45) is 12.2 Å². The summed E-state index contributed by atoms with van der Waals surface area (Å²) in [5, 5.41) is 27.1. The van der Waals surface area contributed by atoms with Gasteiger partial charge < -0.3 is 37.2 Å². The molecule has 3 amide bonds. The maximum absolute atomic E-state index is 13.2. The molecule has 2 atom stereocenters. The number of oxime groups is 1. The number of fused-ring (bicyclic) bond motifs is 1. The number of carbonyl (C=O) groups is 5. The van der Waals surface area contributed by atoms with Gasteiger partial charge in [0.2, 0.25) is 29.7 Å². The van der Waals surface area contributed by atoms with Crippen molar-refractivity contribution >= 4 is 75.8 Å². The third-order valence-electron chi connectivity index (χ3n) is 6.14. The van der Waals surface area contributed by atoms with E-state index in [4.69, 9.17) is 16.3 Å². The number of carboxylic acids is 2. The topological polar surface area (TPSA) is 261 Å². The first-order valence-electron chi connectivity index (χ1n) is 11.6. The second-order valence-corrected chi connectivity index (χ2v) is 11.1. The van der Waals surface area contributed by atoms with Gasteiger partial charge in [-0.15, -0.1) is 21.1 Å². The van der Waals surface area contributed by atoms with Crippen molar-refractivity contribution in [3.05, 3.63) is 23.3 Å². The molecule has 0 saturated carbocycles. The molecular weight excluding hydrogens is 584 g/mol. The van der Waals surface area contributed by atoms with Crippen LogP contribution in [0.4, 0.5) is 16.6 Å². The molecule has 2 aromatic heterocycles. The minimum atomic E-state index is -1.81. The number of amides is 3. The highest BCUT2D eigenvalue weighted by Crippen LogP contribution is 2.40. The van der Waals surface area contributed by atoms with Gasteiger partial charge >= 0.3 is 11.9 Å². The number of carbonyl (C=O) groups excluding carboxylic acids is 3. The molecule has 0 spiro atoms. The predicted molar refractivity (Wildman–Crippen MR) is 143 cm³/mol. The van der Waals surface area contributed by atoms with Crippen LogP contribution in [0.15, 0.2) is 22.6 Å². The van der Waals surface area contributed by atoms with Crippen LogP contribution in [0.5, 0.6) is 0 Å². The summed E-state index contributed by atoms with van der Waals surface area (Å²) in [5.41, 5.74) is 9.74. The van der Waals surface area contributed by atoms with Crippen molar-refractivity contribution in [1.29, 1.82) is 0 Å². The summed E-state index contributed by atoms with van der Waals surface area (Å²) in [6.45, 7) is 2.47. The number of nitrogens with two attached hydrogens (primary N) is 2. The van der Waals surface area contributed by atoms with Gasteiger partial charge in [0.1, 0.15) is 17.1 Å². The molecule has 18 nitrogen and oxygen atoms in total. The molecule has 0 bridgehead atoms. The average Bonchev–Trinajstić information content (AvgIpc) is 3.45. The van der Waals surface area contributed by atoms with Crippen LogP contribution in [-0.2, 0) is 42.4 Å². The largest absolute Gasteiger partial charge is 0.478 e. The highest BCUT2D eigenvalue weighted by Gasteiger charge is 2.55. The molecule has 0 aromatic carbocycles. The zero-order valence-electron chi connectivity index (χ0n) is 21.7. The third-order valence-corrected chi connectivity index (χ3v) is 8.02. The lowest BCUT2D eigenvalue weighted by molar-refractivity contribution is -0.765. The molecule has 218 valence electrons. The number of rotatable bonds is 11. The summed E-state index contributed by atoms with van der Waals surface area (Å²) in [5.74, 6) is -4.16. The minimum Gasteiger partial charge on any atom is -0.478 e. The van der Waals surface area contributed by atoms with Gasteiger partial charge in [-0.2, -0.15) is 9.36 Å². The summed E-state index contributed by atoms with van der Waals surface area (Å²) >= 11 is 1.98. The molecule has 4 rings (SSSR count). The lowest BCUT2D eigenvalue weighted by Crippen LogP contribution is -2.71. The number of nitrogens with one attached hydrogen (secondary N) is 2. The van der Waals surface area contributed by atoms with Crippen LogP contribution in [-0.4, -0.2) is 87.8 Å². The Balaban J connectivity index is 1.57. The lowest BCUT2D eigenvalue weighted by atomic mass is 10.0. The smallest absolute Gasteiger partial charge is 0.352 e. The first-order valence-corrected chi connectivity index (χ1v) is 13.4. The van der Waals surface area contributed by atoms with E-state index in [0.717, 1.165) is 16.4 Å². The SMILES string of the molecule is Cn1c(N)c(NC=O)c[n+]1CC1=C(C(=O)O)N2C(=O)C(NC(=O)/C(=N\OC(C)(C)C(=O)O)c3nsc(N)n3)[C@H]2SC1. The molecule has 2 aliphatic heterocycles. The third kappa shape index (κ3) is 5.50. The molecular formula is C21H25N10O8S2+. The number of carboxylic acid groups (broad SMARTS) is 2. The van der Waals surface area contributed by atoms with Crippen LogP contribution >= 0.6 is 23.3 Å². The van der Waals surface area contributed by atoms with Crippen molar-refractivity contribution in [2.75, 3.05) is 22.5 Å². The predicted octanol–water partition coefficient (Wildman–Crippen LogP) is -2.08. The van der Waals surface area contributed by atoms with E-state index in [0.29, 0.717) is 17.7 Å². The number of β-lactam (4-membered cyclic amide) rings is 1. The molecule has 1 fully saturated rings. The summed E-state index contributed by atoms with van der Waals surface area (Å²) in [4.78, 5) is 70.8. The maximum atomic E-state index is 13.2. The Bertz CT molecular complexity index is 1510. The van der Waals surface area contributed by atoms with Crippen LogP contribution in [0.2, 0.25) is 0 Å². The Morgan fingerprint density at radius 2 is 2.05 bits per heavy atom. The van der Waals surface area contributed by atoms with E-state index in [1.807, 2.05) is 0 Å². The molecule has 1 unspecified atom stereocenters. The van der Waals surface area contributed by atoms with Gasteiger partial charge in [0.15, 0.2) is 23.2 Å². The molecule has 2 aliphatic rings. The van der Waals surface area contributed by atoms with Crippen LogP contribution in [0.25, 0.3) is 0 Å². The molecule has 20 heteroatoms. The summed E-state index contributed by atoms with van der Waals surface area (Å²) in [6, 6.07) is -1.14. The zero-order valence-corrected chi connectivity index (χ0v) is 23.4. The molecule has 41 heavy (non-hydrogen) atoms. The Morgan fingerprint density at radius 1 is 1.34 bits per heavy atom. The minimum absolute atomic E-state index is 0.00222. The van der Waals surface area contributed by atoms with E-state index in [9.17, 15) is 34.2 Å². The zero-order chi connectivity index (χ0) is 30.2. The fourth-order valence-electron chi connectivity index (χ4n) is 3.86. The van der Waals surface area contributed by atoms with Crippen molar-refractivity contribution in [3.63, 3.8) is 0 Å². The standard InChI is InChI=1S/C21H24N10O8S2/c1-21(2,19(37)38)39-27-10(14-26-20(23)41-28-14)15(33)25-11-16(34)31-12(18(35)36)8(6-40-17(11)31)4-30-5-9(24-7-32)13(22)29(30)3/h5,7,11,17,22H,4,6H2,1-3H3,(H6,23,24,25,26,28,32,33,35,36,37,38)/p+1/b27-10-/t11?,17-/m1/s1.